The minimum absolute atomic E-state index is 0.670. The Balaban J connectivity index is 2.03. The van der Waals surface area contributed by atoms with Gasteiger partial charge in [-0.15, -0.1) is 0 Å². The van der Waals surface area contributed by atoms with Gasteiger partial charge in [-0.1, -0.05) is 11.8 Å². The van der Waals surface area contributed by atoms with Gasteiger partial charge in [0.2, 0.25) is 0 Å². The van der Waals surface area contributed by atoms with Crippen LogP contribution in [-0.4, -0.2) is 46.4 Å². The van der Waals surface area contributed by atoms with E-state index < -0.39 is 0 Å². The molecule has 0 saturated carbocycles. The summed E-state index contributed by atoms with van der Waals surface area (Å²) in [5.74, 6) is 8.50. The van der Waals surface area contributed by atoms with Crippen LogP contribution in [0.5, 0.6) is 17.2 Å². The van der Waals surface area contributed by atoms with Gasteiger partial charge in [0, 0.05) is 17.7 Å². The molecule has 0 bridgehead atoms. The third kappa shape index (κ3) is 5.22. The fraction of sp³-hybridized carbons (Fsp3) is 0.300. The van der Waals surface area contributed by atoms with Gasteiger partial charge in [0.15, 0.2) is 11.5 Å². The van der Waals surface area contributed by atoms with Crippen LogP contribution in [-0.2, 0) is 0 Å². The zero-order valence-electron chi connectivity index (χ0n) is 14.6. The van der Waals surface area contributed by atoms with Gasteiger partial charge in [-0.05, 0) is 56.6 Å². The minimum atomic E-state index is 0.670. The van der Waals surface area contributed by atoms with E-state index in [4.69, 9.17) is 14.2 Å². The predicted octanol–water partition coefficient (Wildman–Crippen LogP) is 3.04. The van der Waals surface area contributed by atoms with Gasteiger partial charge in [0.25, 0.3) is 0 Å². The number of nitrogens with zero attached hydrogens (tertiary/aromatic N) is 1. The maximum absolute atomic E-state index is 5.67. The Morgan fingerprint density at radius 2 is 1.46 bits per heavy atom. The lowest BCUT2D eigenvalue weighted by Gasteiger charge is -2.10. The second kappa shape index (κ2) is 8.85. The third-order valence-corrected chi connectivity index (χ3v) is 3.40. The van der Waals surface area contributed by atoms with Crippen molar-refractivity contribution in [1.82, 2.24) is 4.90 Å². The molecule has 0 aliphatic carbocycles. The number of methoxy groups -OCH3 is 2. The summed E-state index contributed by atoms with van der Waals surface area (Å²) < 4.78 is 16.2. The fourth-order valence-electron chi connectivity index (χ4n) is 2.04. The SMILES string of the molecule is COc1ccc(C#Cc2ccc(OCCN(C)C)cc2)cc1OC. The Morgan fingerprint density at radius 1 is 0.833 bits per heavy atom. The quantitative estimate of drug-likeness (QED) is 0.764. The number of hydrogen-bond donors (Lipinski definition) is 0. The first-order chi connectivity index (χ1) is 11.6. The van der Waals surface area contributed by atoms with Crippen molar-refractivity contribution in [3.05, 3.63) is 53.6 Å². The van der Waals surface area contributed by atoms with Gasteiger partial charge in [-0.25, -0.2) is 0 Å². The predicted molar refractivity (Wildman–Crippen MR) is 96.0 cm³/mol. The van der Waals surface area contributed by atoms with Gasteiger partial charge in [0.05, 0.1) is 14.2 Å². The number of hydrogen-bond acceptors (Lipinski definition) is 4. The van der Waals surface area contributed by atoms with Crippen LogP contribution >= 0.6 is 0 Å². The van der Waals surface area contributed by atoms with Crippen LogP contribution in [0.3, 0.4) is 0 Å². The van der Waals surface area contributed by atoms with Gasteiger partial charge in [0.1, 0.15) is 12.4 Å². The molecule has 4 nitrogen and oxygen atoms in total. The Bertz CT molecular complexity index is 712. The Morgan fingerprint density at radius 3 is 2.08 bits per heavy atom. The van der Waals surface area contributed by atoms with Crippen molar-refractivity contribution in [2.75, 3.05) is 41.5 Å². The van der Waals surface area contributed by atoms with Gasteiger partial charge in [-0.2, -0.15) is 0 Å². The standard InChI is InChI=1S/C20H23NO3/c1-21(2)13-14-24-18-10-7-16(8-11-18)5-6-17-9-12-19(22-3)20(15-17)23-4/h7-12,15H,13-14H2,1-4H3. The van der Waals surface area contributed by atoms with E-state index >= 15 is 0 Å². The Kier molecular flexibility index (Phi) is 6.53. The Labute approximate surface area is 144 Å². The van der Waals surface area contributed by atoms with Gasteiger partial charge in [-0.3, -0.25) is 0 Å². The van der Waals surface area contributed by atoms with E-state index in [0.29, 0.717) is 18.1 Å². The molecule has 126 valence electrons. The molecule has 0 N–H and O–H groups in total. The molecule has 0 spiro atoms. The molecule has 2 aromatic carbocycles. The summed E-state index contributed by atoms with van der Waals surface area (Å²) in [5.41, 5.74) is 1.81. The van der Waals surface area contributed by atoms with Crippen molar-refractivity contribution in [3.63, 3.8) is 0 Å². The highest BCUT2D eigenvalue weighted by Gasteiger charge is 2.02. The first-order valence-corrected chi connectivity index (χ1v) is 7.74. The summed E-state index contributed by atoms with van der Waals surface area (Å²) in [6, 6.07) is 13.4. The summed E-state index contributed by atoms with van der Waals surface area (Å²) in [4.78, 5) is 2.09. The third-order valence-electron chi connectivity index (χ3n) is 3.40. The molecule has 2 rings (SSSR count). The molecular weight excluding hydrogens is 302 g/mol. The zero-order valence-corrected chi connectivity index (χ0v) is 14.6. The van der Waals surface area contributed by atoms with Crippen molar-refractivity contribution in [3.8, 4) is 29.1 Å². The van der Waals surface area contributed by atoms with Crippen molar-refractivity contribution < 1.29 is 14.2 Å². The number of likely N-dealkylation sites (N-methyl/N-ethyl adjacent to an activating group) is 1. The van der Waals surface area contributed by atoms with E-state index in [1.165, 1.54) is 0 Å². The van der Waals surface area contributed by atoms with Crippen LogP contribution in [0.25, 0.3) is 0 Å². The molecule has 0 atom stereocenters. The lowest BCUT2D eigenvalue weighted by Crippen LogP contribution is -2.19. The zero-order chi connectivity index (χ0) is 17.4. The van der Waals surface area contributed by atoms with Crippen LogP contribution in [0.2, 0.25) is 0 Å². The average Bonchev–Trinajstić information content (AvgIpc) is 2.60. The molecule has 0 aliphatic heterocycles. The number of ether oxygens (including phenoxy) is 3. The first-order valence-electron chi connectivity index (χ1n) is 7.74. The lowest BCUT2D eigenvalue weighted by molar-refractivity contribution is 0.261. The smallest absolute Gasteiger partial charge is 0.161 e. The van der Waals surface area contributed by atoms with Crippen molar-refractivity contribution >= 4 is 0 Å². The Hall–Kier alpha value is -2.64. The second-order valence-electron chi connectivity index (χ2n) is 5.50. The van der Waals surface area contributed by atoms with Crippen LogP contribution < -0.4 is 14.2 Å². The number of benzene rings is 2. The van der Waals surface area contributed by atoms with Gasteiger partial charge < -0.3 is 19.1 Å². The van der Waals surface area contributed by atoms with E-state index in [0.717, 1.165) is 23.4 Å². The van der Waals surface area contributed by atoms with Gasteiger partial charge >= 0.3 is 0 Å². The summed E-state index contributed by atoms with van der Waals surface area (Å²) in [7, 11) is 7.28. The van der Waals surface area contributed by atoms with Crippen molar-refractivity contribution in [2.24, 2.45) is 0 Å². The van der Waals surface area contributed by atoms with E-state index in [9.17, 15) is 0 Å². The molecule has 0 aliphatic rings. The molecule has 0 heterocycles. The first kappa shape index (κ1) is 17.7. The van der Waals surface area contributed by atoms with E-state index in [2.05, 4.69) is 16.7 Å². The van der Waals surface area contributed by atoms with Crippen LogP contribution in [0.1, 0.15) is 11.1 Å². The van der Waals surface area contributed by atoms with Crippen molar-refractivity contribution in [1.29, 1.82) is 0 Å². The summed E-state index contributed by atoms with van der Waals surface area (Å²) in [6.45, 7) is 1.56. The molecule has 24 heavy (non-hydrogen) atoms. The highest BCUT2D eigenvalue weighted by molar-refractivity contribution is 5.50. The van der Waals surface area contributed by atoms with Crippen LogP contribution in [0.15, 0.2) is 42.5 Å². The van der Waals surface area contributed by atoms with E-state index in [1.807, 2.05) is 56.6 Å². The van der Waals surface area contributed by atoms with Crippen LogP contribution in [0.4, 0.5) is 0 Å². The second-order valence-corrected chi connectivity index (χ2v) is 5.50. The molecule has 0 amide bonds. The highest BCUT2D eigenvalue weighted by Crippen LogP contribution is 2.27. The topological polar surface area (TPSA) is 30.9 Å². The minimum Gasteiger partial charge on any atom is -0.493 e. The molecule has 0 radical (unpaired) electrons. The summed E-state index contributed by atoms with van der Waals surface area (Å²) in [6.07, 6.45) is 0. The fourth-order valence-corrected chi connectivity index (χ4v) is 2.04. The average molecular weight is 325 g/mol. The van der Waals surface area contributed by atoms with Crippen molar-refractivity contribution in [2.45, 2.75) is 0 Å². The number of rotatable bonds is 6. The maximum atomic E-state index is 5.67. The molecule has 0 saturated heterocycles. The lowest BCUT2D eigenvalue weighted by atomic mass is 10.1. The molecule has 0 unspecified atom stereocenters. The van der Waals surface area contributed by atoms with E-state index in [-0.39, 0.29) is 0 Å². The molecular formula is C20H23NO3. The maximum Gasteiger partial charge on any atom is 0.161 e. The largest absolute Gasteiger partial charge is 0.493 e. The molecule has 0 fully saturated rings. The molecule has 4 heteroatoms. The molecule has 0 aromatic heterocycles. The molecule has 2 aromatic rings. The summed E-state index contributed by atoms with van der Waals surface area (Å²) >= 11 is 0. The monoisotopic (exact) mass is 325 g/mol. The normalized spacial score (nSPS) is 10.0. The van der Waals surface area contributed by atoms with E-state index in [1.54, 1.807) is 14.2 Å². The summed E-state index contributed by atoms with van der Waals surface area (Å²) in [5, 5.41) is 0. The highest BCUT2D eigenvalue weighted by atomic mass is 16.5. The van der Waals surface area contributed by atoms with Crippen LogP contribution in [0, 0.1) is 11.8 Å².